The van der Waals surface area contributed by atoms with Crippen molar-refractivity contribution in [2.45, 2.75) is 26.2 Å². The Balaban J connectivity index is 1.63. The summed E-state index contributed by atoms with van der Waals surface area (Å²) >= 11 is 5.88. The van der Waals surface area contributed by atoms with Gasteiger partial charge >= 0.3 is 0 Å². The van der Waals surface area contributed by atoms with Crippen molar-refractivity contribution in [2.75, 3.05) is 6.61 Å². The molecule has 5 nitrogen and oxygen atoms in total. The molecular weight excluding hydrogens is 359 g/mol. The lowest BCUT2D eigenvalue weighted by Crippen LogP contribution is -2.42. The zero-order chi connectivity index (χ0) is 18.9. The molecule has 0 saturated heterocycles. The highest BCUT2D eigenvalue weighted by Gasteiger charge is 2.07. The van der Waals surface area contributed by atoms with Crippen LogP contribution in [-0.4, -0.2) is 18.4 Å². The molecule has 2 N–H and O–H groups in total. The lowest BCUT2D eigenvalue weighted by molar-refractivity contribution is -0.128. The van der Waals surface area contributed by atoms with Gasteiger partial charge in [-0.25, -0.2) is 4.39 Å². The SMILES string of the molecule is Cc1cc(Cl)ccc1OCCCC(=O)NNC(=O)Cc1cccc(F)c1. The van der Waals surface area contributed by atoms with Crippen molar-refractivity contribution in [3.8, 4) is 5.75 Å². The monoisotopic (exact) mass is 378 g/mol. The van der Waals surface area contributed by atoms with Crippen LogP contribution in [0.3, 0.4) is 0 Å². The van der Waals surface area contributed by atoms with Crippen LogP contribution < -0.4 is 15.6 Å². The first-order valence-corrected chi connectivity index (χ1v) is 8.53. The largest absolute Gasteiger partial charge is 0.493 e. The number of halogens is 2. The van der Waals surface area contributed by atoms with Crippen molar-refractivity contribution >= 4 is 23.4 Å². The van der Waals surface area contributed by atoms with E-state index >= 15 is 0 Å². The summed E-state index contributed by atoms with van der Waals surface area (Å²) in [7, 11) is 0. The molecule has 0 bridgehead atoms. The van der Waals surface area contributed by atoms with Crippen molar-refractivity contribution in [1.82, 2.24) is 10.9 Å². The van der Waals surface area contributed by atoms with Crippen LogP contribution in [0, 0.1) is 12.7 Å². The smallest absolute Gasteiger partial charge is 0.242 e. The van der Waals surface area contributed by atoms with Gasteiger partial charge in [-0.3, -0.25) is 20.4 Å². The first kappa shape index (κ1) is 19.7. The highest BCUT2D eigenvalue weighted by Crippen LogP contribution is 2.21. The number of nitrogens with one attached hydrogen (secondary N) is 2. The molecule has 0 heterocycles. The number of ether oxygens (including phenoxy) is 1. The maximum Gasteiger partial charge on any atom is 0.242 e. The summed E-state index contributed by atoms with van der Waals surface area (Å²) in [6, 6.07) is 11.1. The molecule has 0 unspecified atom stereocenters. The van der Waals surface area contributed by atoms with E-state index in [9.17, 15) is 14.0 Å². The van der Waals surface area contributed by atoms with E-state index in [2.05, 4.69) is 10.9 Å². The lowest BCUT2D eigenvalue weighted by atomic mass is 10.1. The molecule has 138 valence electrons. The van der Waals surface area contributed by atoms with Gasteiger partial charge in [-0.2, -0.15) is 0 Å². The van der Waals surface area contributed by atoms with Crippen molar-refractivity contribution in [3.05, 3.63) is 64.4 Å². The summed E-state index contributed by atoms with van der Waals surface area (Å²) in [6.45, 7) is 2.26. The van der Waals surface area contributed by atoms with Gasteiger partial charge in [0.15, 0.2) is 0 Å². The quantitative estimate of drug-likeness (QED) is 0.573. The van der Waals surface area contributed by atoms with Gasteiger partial charge in [0.1, 0.15) is 11.6 Å². The van der Waals surface area contributed by atoms with Gasteiger partial charge in [0, 0.05) is 11.4 Å². The maximum absolute atomic E-state index is 13.1. The third-order valence-electron chi connectivity index (χ3n) is 3.54. The van der Waals surface area contributed by atoms with Crippen LogP contribution in [0.15, 0.2) is 42.5 Å². The summed E-state index contributed by atoms with van der Waals surface area (Å²) in [5, 5.41) is 0.642. The number of hydrogen-bond donors (Lipinski definition) is 2. The minimum absolute atomic E-state index is 0.0169. The van der Waals surface area contributed by atoms with Crippen LogP contribution >= 0.6 is 11.6 Å². The normalized spacial score (nSPS) is 10.3. The second-order valence-corrected chi connectivity index (χ2v) is 6.20. The summed E-state index contributed by atoms with van der Waals surface area (Å²) in [5.41, 5.74) is 6.09. The average molecular weight is 379 g/mol. The number of carbonyl (C=O) groups excluding carboxylic acids is 2. The standard InChI is InChI=1S/C19H20ClFN2O3/c1-13-10-15(20)7-8-17(13)26-9-3-6-18(24)22-23-19(25)12-14-4-2-5-16(21)11-14/h2,4-5,7-8,10-11H,3,6,9,12H2,1H3,(H,22,24)(H,23,25). The molecule has 0 spiro atoms. The van der Waals surface area contributed by atoms with E-state index in [4.69, 9.17) is 16.3 Å². The Morgan fingerprint density at radius 3 is 2.62 bits per heavy atom. The molecule has 2 amide bonds. The minimum Gasteiger partial charge on any atom is -0.493 e. The third kappa shape index (κ3) is 6.72. The van der Waals surface area contributed by atoms with Crippen molar-refractivity contribution < 1.29 is 18.7 Å². The fraction of sp³-hybridized carbons (Fsp3) is 0.263. The van der Waals surface area contributed by atoms with E-state index in [-0.39, 0.29) is 18.7 Å². The van der Waals surface area contributed by atoms with Gasteiger partial charge < -0.3 is 4.74 Å². The molecule has 0 aromatic heterocycles. The Bertz CT molecular complexity index is 783. The van der Waals surface area contributed by atoms with Gasteiger partial charge in [0.25, 0.3) is 0 Å². The predicted octanol–water partition coefficient (Wildman–Crippen LogP) is 3.34. The zero-order valence-electron chi connectivity index (χ0n) is 14.4. The molecule has 0 aliphatic heterocycles. The maximum atomic E-state index is 13.1. The molecule has 2 aromatic rings. The highest BCUT2D eigenvalue weighted by molar-refractivity contribution is 6.30. The van der Waals surface area contributed by atoms with Gasteiger partial charge in [0.2, 0.25) is 11.8 Å². The molecule has 2 aromatic carbocycles. The number of amides is 2. The van der Waals surface area contributed by atoms with Crippen molar-refractivity contribution in [1.29, 1.82) is 0 Å². The Hall–Kier alpha value is -2.60. The van der Waals surface area contributed by atoms with E-state index in [0.717, 1.165) is 11.3 Å². The summed E-state index contributed by atoms with van der Waals surface area (Å²) in [5.74, 6) is -0.431. The van der Waals surface area contributed by atoms with Gasteiger partial charge in [-0.1, -0.05) is 23.7 Å². The summed E-state index contributed by atoms with van der Waals surface area (Å²) in [6.07, 6.45) is 0.678. The molecular formula is C19H20ClFN2O3. The number of rotatable bonds is 7. The first-order valence-electron chi connectivity index (χ1n) is 8.15. The fourth-order valence-electron chi connectivity index (χ4n) is 2.27. The first-order chi connectivity index (χ1) is 12.4. The van der Waals surface area contributed by atoms with Crippen molar-refractivity contribution in [3.63, 3.8) is 0 Å². The Kier molecular flexibility index (Phi) is 7.41. The van der Waals surface area contributed by atoms with Crippen LogP contribution in [0.1, 0.15) is 24.0 Å². The molecule has 0 atom stereocenters. The van der Waals surface area contributed by atoms with Crippen LogP contribution in [0.25, 0.3) is 0 Å². The number of carbonyl (C=O) groups is 2. The fourth-order valence-corrected chi connectivity index (χ4v) is 2.49. The molecule has 0 fully saturated rings. The number of benzene rings is 2. The number of hydrogen-bond acceptors (Lipinski definition) is 3. The number of hydrazine groups is 1. The van der Waals surface area contributed by atoms with Crippen LogP contribution in [0.5, 0.6) is 5.75 Å². The van der Waals surface area contributed by atoms with E-state index < -0.39 is 11.7 Å². The topological polar surface area (TPSA) is 67.4 Å². The van der Waals surface area contributed by atoms with Gasteiger partial charge in [-0.15, -0.1) is 0 Å². The molecule has 0 radical (unpaired) electrons. The summed E-state index contributed by atoms with van der Waals surface area (Å²) < 4.78 is 18.6. The zero-order valence-corrected chi connectivity index (χ0v) is 15.1. The van der Waals surface area contributed by atoms with E-state index in [1.165, 1.54) is 18.2 Å². The second kappa shape index (κ2) is 9.77. The second-order valence-electron chi connectivity index (χ2n) is 5.76. The molecule has 2 rings (SSSR count). The molecule has 7 heteroatoms. The van der Waals surface area contributed by atoms with E-state index in [1.807, 2.05) is 6.92 Å². The Morgan fingerprint density at radius 2 is 1.88 bits per heavy atom. The summed E-state index contributed by atoms with van der Waals surface area (Å²) in [4.78, 5) is 23.4. The molecule has 26 heavy (non-hydrogen) atoms. The number of aryl methyl sites for hydroxylation is 1. The average Bonchev–Trinajstić information content (AvgIpc) is 2.58. The van der Waals surface area contributed by atoms with Crippen LogP contribution in [0.2, 0.25) is 5.02 Å². The van der Waals surface area contributed by atoms with Crippen LogP contribution in [-0.2, 0) is 16.0 Å². The van der Waals surface area contributed by atoms with E-state index in [1.54, 1.807) is 24.3 Å². The molecule has 0 aliphatic carbocycles. The lowest BCUT2D eigenvalue weighted by Gasteiger charge is -2.10. The Morgan fingerprint density at radius 1 is 1.12 bits per heavy atom. The molecule has 0 aliphatic rings. The van der Waals surface area contributed by atoms with Crippen molar-refractivity contribution in [2.24, 2.45) is 0 Å². The van der Waals surface area contributed by atoms with E-state index in [0.29, 0.717) is 23.6 Å². The highest BCUT2D eigenvalue weighted by atomic mass is 35.5. The Labute approximate surface area is 156 Å². The van der Waals surface area contributed by atoms with Gasteiger partial charge in [0.05, 0.1) is 13.0 Å². The van der Waals surface area contributed by atoms with Crippen LogP contribution in [0.4, 0.5) is 4.39 Å². The van der Waals surface area contributed by atoms with Gasteiger partial charge in [-0.05, 0) is 54.8 Å². The third-order valence-corrected chi connectivity index (χ3v) is 3.77. The molecule has 0 saturated carbocycles. The predicted molar refractivity (Wildman–Crippen MR) is 97.3 cm³/mol. The minimum atomic E-state index is -0.419.